The van der Waals surface area contributed by atoms with Gasteiger partial charge in [0.15, 0.2) is 5.78 Å². The highest BCUT2D eigenvalue weighted by Gasteiger charge is 2.40. The van der Waals surface area contributed by atoms with Gasteiger partial charge in [-0.2, -0.15) is 0 Å². The third kappa shape index (κ3) is 3.48. The predicted molar refractivity (Wildman–Crippen MR) is 114 cm³/mol. The molecule has 1 heterocycles. The third-order valence-electron chi connectivity index (χ3n) is 6.02. The van der Waals surface area contributed by atoms with Crippen LogP contribution in [-0.2, 0) is 9.59 Å². The number of para-hydroxylation sites is 1. The number of nitrogens with zero attached hydrogens (tertiary/aromatic N) is 1. The highest BCUT2D eigenvalue weighted by molar-refractivity contribution is 6.07. The number of carbonyl (C=O) groups excluding carboxylic acids is 2. The number of aryl methyl sites for hydroxylation is 2. The van der Waals surface area contributed by atoms with Crippen molar-refractivity contribution < 1.29 is 14.3 Å². The second-order valence-corrected chi connectivity index (χ2v) is 7.86. The van der Waals surface area contributed by atoms with Gasteiger partial charge in [0.2, 0.25) is 5.91 Å². The summed E-state index contributed by atoms with van der Waals surface area (Å²) in [4.78, 5) is 28.2. The van der Waals surface area contributed by atoms with Crippen LogP contribution in [0.3, 0.4) is 0 Å². The van der Waals surface area contributed by atoms with Crippen molar-refractivity contribution in [3.8, 4) is 5.75 Å². The fraction of sp³-hybridized carbons (Fsp3) is 0.360. The Balaban J connectivity index is 1.86. The van der Waals surface area contributed by atoms with Gasteiger partial charge in [-0.1, -0.05) is 24.3 Å². The first-order valence-corrected chi connectivity index (χ1v) is 10.4. The van der Waals surface area contributed by atoms with Gasteiger partial charge >= 0.3 is 0 Å². The fourth-order valence-corrected chi connectivity index (χ4v) is 4.48. The van der Waals surface area contributed by atoms with Gasteiger partial charge in [0.25, 0.3) is 0 Å². The van der Waals surface area contributed by atoms with E-state index in [1.165, 1.54) is 5.56 Å². The Kier molecular flexibility index (Phi) is 5.27. The van der Waals surface area contributed by atoms with E-state index >= 15 is 0 Å². The number of Topliss-reactive ketones (excluding diaryl/α,β-unsaturated/α-hetero) is 1. The minimum absolute atomic E-state index is 0.0398. The maximum atomic E-state index is 13.3. The molecule has 1 amide bonds. The average Bonchev–Trinajstić information content (AvgIpc) is 2.70. The highest BCUT2D eigenvalue weighted by atomic mass is 16.5. The van der Waals surface area contributed by atoms with E-state index in [1.807, 2.05) is 49.4 Å². The summed E-state index contributed by atoms with van der Waals surface area (Å²) in [7, 11) is 0. The summed E-state index contributed by atoms with van der Waals surface area (Å²) in [6.07, 6.45) is 2.35. The van der Waals surface area contributed by atoms with Gasteiger partial charge in [-0.15, -0.1) is 0 Å². The molecule has 4 rings (SSSR count). The molecular formula is C25H27NO3. The number of ether oxygens (including phenoxy) is 1. The van der Waals surface area contributed by atoms with Crippen LogP contribution in [0.4, 0.5) is 5.69 Å². The van der Waals surface area contributed by atoms with Crippen molar-refractivity contribution in [1.82, 2.24) is 0 Å². The van der Waals surface area contributed by atoms with Crippen LogP contribution >= 0.6 is 0 Å². The van der Waals surface area contributed by atoms with E-state index in [0.717, 1.165) is 46.7 Å². The molecule has 150 valence electrons. The number of amides is 1. The van der Waals surface area contributed by atoms with Crippen LogP contribution in [-0.4, -0.2) is 18.3 Å². The largest absolute Gasteiger partial charge is 0.494 e. The molecule has 1 aliphatic heterocycles. The van der Waals surface area contributed by atoms with Gasteiger partial charge in [-0.05, 0) is 62.9 Å². The summed E-state index contributed by atoms with van der Waals surface area (Å²) >= 11 is 0. The smallest absolute Gasteiger partial charge is 0.232 e. The molecular weight excluding hydrogens is 362 g/mol. The Morgan fingerprint density at radius 1 is 1.03 bits per heavy atom. The minimum Gasteiger partial charge on any atom is -0.494 e. The maximum Gasteiger partial charge on any atom is 0.232 e. The lowest BCUT2D eigenvalue weighted by Gasteiger charge is -2.38. The van der Waals surface area contributed by atoms with Crippen LogP contribution in [0, 0.1) is 13.8 Å². The van der Waals surface area contributed by atoms with E-state index < -0.39 is 0 Å². The molecule has 0 bridgehead atoms. The molecule has 1 aliphatic carbocycles. The first kappa shape index (κ1) is 19.4. The number of hydrogen-bond acceptors (Lipinski definition) is 3. The molecule has 0 radical (unpaired) electrons. The number of rotatable bonds is 4. The molecule has 2 aromatic carbocycles. The van der Waals surface area contributed by atoms with Gasteiger partial charge in [0.1, 0.15) is 5.75 Å². The Bertz CT molecular complexity index is 1000. The molecule has 0 saturated heterocycles. The van der Waals surface area contributed by atoms with Crippen molar-refractivity contribution in [3.05, 3.63) is 70.4 Å². The Morgan fingerprint density at radius 3 is 2.59 bits per heavy atom. The van der Waals surface area contributed by atoms with Gasteiger partial charge in [0.05, 0.1) is 6.61 Å². The van der Waals surface area contributed by atoms with Crippen molar-refractivity contribution in [1.29, 1.82) is 0 Å². The molecule has 0 aromatic heterocycles. The van der Waals surface area contributed by atoms with E-state index in [2.05, 4.69) is 13.8 Å². The summed E-state index contributed by atoms with van der Waals surface area (Å²) in [6.45, 7) is 6.61. The summed E-state index contributed by atoms with van der Waals surface area (Å²) < 4.78 is 5.82. The topological polar surface area (TPSA) is 46.6 Å². The molecule has 2 aromatic rings. The monoisotopic (exact) mass is 389 g/mol. The normalized spacial score (nSPS) is 19.4. The molecule has 4 heteroatoms. The third-order valence-corrected chi connectivity index (χ3v) is 6.02. The van der Waals surface area contributed by atoms with Crippen molar-refractivity contribution in [2.45, 2.75) is 52.4 Å². The van der Waals surface area contributed by atoms with Crippen LogP contribution < -0.4 is 9.64 Å². The van der Waals surface area contributed by atoms with Gasteiger partial charge in [-0.3, -0.25) is 14.5 Å². The summed E-state index contributed by atoms with van der Waals surface area (Å²) in [5.41, 5.74) is 5.79. The first-order valence-electron chi connectivity index (χ1n) is 10.4. The van der Waals surface area contributed by atoms with E-state index in [9.17, 15) is 9.59 Å². The molecule has 2 aliphatic rings. The zero-order valence-corrected chi connectivity index (χ0v) is 17.3. The van der Waals surface area contributed by atoms with Gasteiger partial charge < -0.3 is 4.74 Å². The average molecular weight is 389 g/mol. The Morgan fingerprint density at radius 2 is 1.83 bits per heavy atom. The highest BCUT2D eigenvalue weighted by Crippen LogP contribution is 2.45. The zero-order chi connectivity index (χ0) is 20.5. The van der Waals surface area contributed by atoms with Crippen molar-refractivity contribution in [2.75, 3.05) is 11.5 Å². The predicted octanol–water partition coefficient (Wildman–Crippen LogP) is 5.23. The summed E-state index contributed by atoms with van der Waals surface area (Å²) in [5.74, 6) is 0.718. The molecule has 0 N–H and O–H groups in total. The van der Waals surface area contributed by atoms with Crippen molar-refractivity contribution >= 4 is 17.4 Å². The number of ketones is 1. The van der Waals surface area contributed by atoms with Gasteiger partial charge in [0, 0.05) is 41.3 Å². The van der Waals surface area contributed by atoms with Crippen LogP contribution in [0.5, 0.6) is 5.75 Å². The molecule has 0 saturated carbocycles. The maximum absolute atomic E-state index is 13.3. The molecule has 1 atom stereocenters. The SMILES string of the molecule is CCOc1ccccc1C1CC(=O)N(c2ccc(C)c(C)c2)C2=C1C(=O)CCC2. The number of anilines is 1. The number of hydrogen-bond donors (Lipinski definition) is 0. The fourth-order valence-electron chi connectivity index (χ4n) is 4.48. The lowest BCUT2D eigenvalue weighted by atomic mass is 9.77. The van der Waals surface area contributed by atoms with Gasteiger partial charge in [-0.25, -0.2) is 0 Å². The second-order valence-electron chi connectivity index (χ2n) is 7.86. The van der Waals surface area contributed by atoms with Crippen LogP contribution in [0.25, 0.3) is 0 Å². The molecule has 1 unspecified atom stereocenters. The first-order chi connectivity index (χ1) is 14.0. The molecule has 0 spiro atoms. The molecule has 0 fully saturated rings. The number of carbonyl (C=O) groups is 2. The lowest BCUT2D eigenvalue weighted by Crippen LogP contribution is -2.40. The van der Waals surface area contributed by atoms with E-state index in [-0.39, 0.29) is 24.0 Å². The molecule has 4 nitrogen and oxygen atoms in total. The van der Waals surface area contributed by atoms with Crippen LogP contribution in [0.1, 0.15) is 55.2 Å². The van der Waals surface area contributed by atoms with Crippen molar-refractivity contribution in [3.63, 3.8) is 0 Å². The molecule has 29 heavy (non-hydrogen) atoms. The minimum atomic E-state index is -0.240. The van der Waals surface area contributed by atoms with Crippen LogP contribution in [0.15, 0.2) is 53.7 Å². The van der Waals surface area contributed by atoms with E-state index in [4.69, 9.17) is 4.74 Å². The number of benzene rings is 2. The zero-order valence-electron chi connectivity index (χ0n) is 17.3. The summed E-state index contributed by atoms with van der Waals surface area (Å²) in [5, 5.41) is 0. The van der Waals surface area contributed by atoms with E-state index in [1.54, 1.807) is 4.90 Å². The van der Waals surface area contributed by atoms with Crippen LogP contribution in [0.2, 0.25) is 0 Å². The quantitative estimate of drug-likeness (QED) is 0.719. The Labute approximate surface area is 172 Å². The van der Waals surface area contributed by atoms with Crippen molar-refractivity contribution in [2.24, 2.45) is 0 Å². The lowest BCUT2D eigenvalue weighted by molar-refractivity contribution is -0.119. The number of allylic oxidation sites excluding steroid dienone is 2. The Hall–Kier alpha value is -2.88. The second kappa shape index (κ2) is 7.86. The summed E-state index contributed by atoms with van der Waals surface area (Å²) in [6, 6.07) is 13.9. The van der Waals surface area contributed by atoms with E-state index in [0.29, 0.717) is 13.0 Å². The standard InChI is InChI=1S/C25H27NO3/c1-4-29-23-11-6-5-8-19(23)20-15-24(28)26(18-13-12-16(2)17(3)14-18)21-9-7-10-22(27)25(20)21/h5-6,8,11-14,20H,4,7,9-10,15H2,1-3H3.